The van der Waals surface area contributed by atoms with Crippen LogP contribution in [0.25, 0.3) is 6.08 Å². The van der Waals surface area contributed by atoms with Crippen LogP contribution in [-0.2, 0) is 31.8 Å². The monoisotopic (exact) mass is 560 g/mol. The van der Waals surface area contributed by atoms with Crippen molar-refractivity contribution in [1.29, 1.82) is 0 Å². The molecule has 1 fully saturated rings. The van der Waals surface area contributed by atoms with Gasteiger partial charge in [0.1, 0.15) is 18.3 Å². The summed E-state index contributed by atoms with van der Waals surface area (Å²) >= 11 is 1.82. The lowest BCUT2D eigenvalue weighted by atomic mass is 9.95. The molecule has 0 aliphatic carbocycles. The van der Waals surface area contributed by atoms with Crippen LogP contribution in [0.5, 0.6) is 0 Å². The molecule has 3 rings (SSSR count). The van der Waals surface area contributed by atoms with Crippen molar-refractivity contribution in [1.82, 2.24) is 0 Å². The zero-order valence-corrected chi connectivity index (χ0v) is 24.6. The Bertz CT molecular complexity index is 1090. The Morgan fingerprint density at radius 2 is 1.40 bits per heavy atom. The van der Waals surface area contributed by atoms with E-state index in [9.17, 15) is 0 Å². The van der Waals surface area contributed by atoms with E-state index in [1.54, 1.807) is 24.3 Å². The highest BCUT2D eigenvalue weighted by Gasteiger charge is 2.48. The number of rotatable bonds is 18. The Hall–Kier alpha value is -2.67. The second-order valence-corrected chi connectivity index (χ2v) is 11.0. The number of hydrogen-bond donors (Lipinski definition) is 0. The maximum absolute atomic E-state index is 6.42. The van der Waals surface area contributed by atoms with Crippen LogP contribution in [-0.4, -0.2) is 56.6 Å². The molecule has 5 atom stereocenters. The largest absolute Gasteiger partial charge is 0.376 e. The molecule has 0 amide bonds. The van der Waals surface area contributed by atoms with Gasteiger partial charge in [0.15, 0.2) is 0 Å². The number of thioether (sulfide) groups is 1. The van der Waals surface area contributed by atoms with Gasteiger partial charge in [-0.05, 0) is 35.1 Å². The van der Waals surface area contributed by atoms with Gasteiger partial charge in [-0.3, -0.25) is 0 Å². The SMILES string of the molecule is C=CCOC[C@H]1S[C@@H](c2cccc(CC=Cc3ccc(CC)cc3)c2)[C@H](OCC=C)[C@@H](OCC=C)[C@@H]1OCC=C. The third kappa shape index (κ3) is 9.46. The molecule has 1 heterocycles. The first-order valence-corrected chi connectivity index (χ1v) is 14.9. The maximum atomic E-state index is 6.42. The van der Waals surface area contributed by atoms with Gasteiger partial charge in [-0.15, -0.1) is 38.1 Å². The van der Waals surface area contributed by atoms with Crippen LogP contribution in [0.4, 0.5) is 0 Å². The standard InChI is InChI=1S/C35H44O4S/c1-6-21-36-26-31-32(37-22-7-2)33(38-23-8-3)34(39-24-9-4)35(40-31)30-16-12-15-29(25-30)14-11-13-28-19-17-27(10-5)18-20-28/h6-9,11-13,15-20,25,31-35H,1-4,10,14,21-24,26H2,5H3/t31-,32-,33+,34-,35+/m1/s1. The van der Waals surface area contributed by atoms with Crippen molar-refractivity contribution in [3.8, 4) is 0 Å². The molecule has 4 nitrogen and oxygen atoms in total. The van der Waals surface area contributed by atoms with Crippen molar-refractivity contribution in [2.75, 3.05) is 33.0 Å². The van der Waals surface area contributed by atoms with Crippen molar-refractivity contribution in [2.45, 2.75) is 48.6 Å². The molecular weight excluding hydrogens is 516 g/mol. The molecule has 1 aliphatic heterocycles. The molecular formula is C35H44O4S. The molecule has 0 bridgehead atoms. The molecule has 0 spiro atoms. The smallest absolute Gasteiger partial charge is 0.113 e. The minimum atomic E-state index is -0.323. The fraction of sp³-hybridized carbons (Fsp3) is 0.371. The highest BCUT2D eigenvalue weighted by Crippen LogP contribution is 2.46. The molecule has 0 aromatic heterocycles. The average molecular weight is 561 g/mol. The molecule has 0 unspecified atom stereocenters. The summed E-state index contributed by atoms with van der Waals surface area (Å²) in [5.74, 6) is 0. The summed E-state index contributed by atoms with van der Waals surface area (Å²) in [5.41, 5.74) is 5.00. The van der Waals surface area contributed by atoms with Gasteiger partial charge in [-0.1, -0.05) is 91.9 Å². The van der Waals surface area contributed by atoms with Crippen molar-refractivity contribution in [3.05, 3.63) is 127 Å². The van der Waals surface area contributed by atoms with Gasteiger partial charge in [0.2, 0.25) is 0 Å². The van der Waals surface area contributed by atoms with E-state index in [0.29, 0.717) is 33.0 Å². The summed E-state index contributed by atoms with van der Waals surface area (Å²) in [7, 11) is 0. The Morgan fingerprint density at radius 1 is 0.750 bits per heavy atom. The number of allylic oxidation sites excluding steroid dienone is 1. The predicted molar refractivity (Wildman–Crippen MR) is 170 cm³/mol. The second kappa shape index (κ2) is 17.9. The molecule has 1 saturated heterocycles. The van der Waals surface area contributed by atoms with E-state index in [-0.39, 0.29) is 28.8 Å². The lowest BCUT2D eigenvalue weighted by Gasteiger charge is -2.46. The van der Waals surface area contributed by atoms with Crippen molar-refractivity contribution in [3.63, 3.8) is 0 Å². The van der Waals surface area contributed by atoms with E-state index in [1.165, 1.54) is 22.3 Å². The molecule has 1 aliphatic rings. The van der Waals surface area contributed by atoms with E-state index in [1.807, 2.05) is 11.8 Å². The summed E-state index contributed by atoms with van der Waals surface area (Å²) in [6, 6.07) is 17.5. The lowest BCUT2D eigenvalue weighted by molar-refractivity contribution is -0.136. The summed E-state index contributed by atoms with van der Waals surface area (Å²) in [6.45, 7) is 19.8. The number of hydrogen-bond acceptors (Lipinski definition) is 5. The van der Waals surface area contributed by atoms with Crippen molar-refractivity contribution >= 4 is 17.8 Å². The first-order valence-electron chi connectivity index (χ1n) is 14.0. The molecule has 5 heteroatoms. The molecule has 40 heavy (non-hydrogen) atoms. The van der Waals surface area contributed by atoms with Gasteiger partial charge >= 0.3 is 0 Å². The average Bonchev–Trinajstić information content (AvgIpc) is 2.99. The third-order valence-corrected chi connectivity index (χ3v) is 8.29. The van der Waals surface area contributed by atoms with Crippen LogP contribution in [0.1, 0.15) is 34.4 Å². The molecule has 2 aromatic rings. The van der Waals surface area contributed by atoms with E-state index in [4.69, 9.17) is 18.9 Å². The molecule has 0 N–H and O–H groups in total. The fourth-order valence-corrected chi connectivity index (χ4v) is 6.42. The van der Waals surface area contributed by atoms with E-state index in [0.717, 1.165) is 12.8 Å². The minimum absolute atomic E-state index is 0.0150. The first-order chi connectivity index (χ1) is 19.6. The lowest BCUT2D eigenvalue weighted by Crippen LogP contribution is -2.55. The summed E-state index contributed by atoms with van der Waals surface area (Å²) in [5, 5.41) is 0.0409. The fourth-order valence-electron chi connectivity index (χ4n) is 4.79. The van der Waals surface area contributed by atoms with Crippen LogP contribution in [0, 0.1) is 0 Å². The normalized spacial score (nSPS) is 22.7. The summed E-state index contributed by atoms with van der Waals surface area (Å²) in [4.78, 5) is 0. The highest BCUT2D eigenvalue weighted by molar-refractivity contribution is 8.00. The second-order valence-electron chi connectivity index (χ2n) is 9.63. The van der Waals surface area contributed by atoms with Crippen LogP contribution >= 0.6 is 11.8 Å². The summed E-state index contributed by atoms with van der Waals surface area (Å²) in [6.07, 6.45) is 12.5. The van der Waals surface area contributed by atoms with E-state index in [2.05, 4.69) is 93.9 Å². The highest BCUT2D eigenvalue weighted by atomic mass is 32.2. The van der Waals surface area contributed by atoms with Gasteiger partial charge in [0.25, 0.3) is 0 Å². The van der Waals surface area contributed by atoms with Crippen molar-refractivity contribution < 1.29 is 18.9 Å². The summed E-state index contributed by atoms with van der Waals surface area (Å²) < 4.78 is 25.0. The van der Waals surface area contributed by atoms with E-state index < -0.39 is 0 Å². The van der Waals surface area contributed by atoms with Gasteiger partial charge in [-0.2, -0.15) is 0 Å². The van der Waals surface area contributed by atoms with Crippen LogP contribution in [0.2, 0.25) is 0 Å². The van der Waals surface area contributed by atoms with Crippen LogP contribution in [0.3, 0.4) is 0 Å². The Morgan fingerprint density at radius 3 is 2.05 bits per heavy atom. The maximum Gasteiger partial charge on any atom is 0.113 e. The molecule has 214 valence electrons. The molecule has 2 aromatic carbocycles. The predicted octanol–water partition coefficient (Wildman–Crippen LogP) is 7.58. The first kappa shape index (κ1) is 31.9. The Kier molecular flexibility index (Phi) is 14.3. The zero-order valence-electron chi connectivity index (χ0n) is 23.8. The van der Waals surface area contributed by atoms with E-state index >= 15 is 0 Å². The van der Waals surface area contributed by atoms with Crippen LogP contribution in [0.15, 0.2) is 105 Å². The number of benzene rings is 2. The number of aryl methyl sites for hydroxylation is 1. The minimum Gasteiger partial charge on any atom is -0.376 e. The quantitative estimate of drug-likeness (QED) is 0.139. The van der Waals surface area contributed by atoms with Crippen molar-refractivity contribution in [2.24, 2.45) is 0 Å². The van der Waals surface area contributed by atoms with Gasteiger partial charge < -0.3 is 18.9 Å². The van der Waals surface area contributed by atoms with Gasteiger partial charge in [-0.25, -0.2) is 0 Å². The third-order valence-electron chi connectivity index (χ3n) is 6.70. The topological polar surface area (TPSA) is 36.9 Å². The van der Waals surface area contributed by atoms with Gasteiger partial charge in [0, 0.05) is 0 Å². The van der Waals surface area contributed by atoms with Gasteiger partial charge in [0.05, 0.1) is 43.5 Å². The zero-order chi connectivity index (χ0) is 28.6. The Balaban J connectivity index is 1.88. The Labute approximate surface area is 245 Å². The molecule has 0 saturated carbocycles. The number of ether oxygens (including phenoxy) is 4. The van der Waals surface area contributed by atoms with Crippen LogP contribution < -0.4 is 0 Å². The molecule has 0 radical (unpaired) electrons.